The van der Waals surface area contributed by atoms with Gasteiger partial charge in [-0.05, 0) is 36.4 Å². The highest BCUT2D eigenvalue weighted by molar-refractivity contribution is 6.21. The number of anilines is 1. The van der Waals surface area contributed by atoms with Crippen LogP contribution in [0.4, 0.5) is 5.69 Å². The van der Waals surface area contributed by atoms with Gasteiger partial charge in [-0.25, -0.2) is 0 Å². The molecule has 8 nitrogen and oxygen atoms in total. The summed E-state index contributed by atoms with van der Waals surface area (Å²) in [5.74, 6) is 0.211. The summed E-state index contributed by atoms with van der Waals surface area (Å²) in [6.07, 6.45) is 0. The minimum absolute atomic E-state index is 0.226. The molecular formula is C22H26N2O6. The number of nitrogen functional groups attached to an aromatic ring is 1. The van der Waals surface area contributed by atoms with Crippen molar-refractivity contribution in [2.45, 2.75) is 0 Å². The molecule has 0 saturated carbocycles. The molecule has 0 radical (unpaired) electrons. The number of benzene rings is 2. The Hall–Kier alpha value is -2.94. The van der Waals surface area contributed by atoms with Crippen LogP contribution in [0.15, 0.2) is 48.5 Å². The molecule has 2 N–H and O–H groups in total. The molecule has 0 saturated heterocycles. The lowest BCUT2D eigenvalue weighted by molar-refractivity contribution is 0.00673. The van der Waals surface area contributed by atoms with Crippen molar-refractivity contribution in [3.8, 4) is 5.75 Å². The zero-order valence-corrected chi connectivity index (χ0v) is 16.7. The monoisotopic (exact) mass is 414 g/mol. The molecule has 1 aliphatic heterocycles. The van der Waals surface area contributed by atoms with E-state index in [9.17, 15) is 9.59 Å². The van der Waals surface area contributed by atoms with Crippen molar-refractivity contribution in [1.82, 2.24) is 4.90 Å². The molecule has 1 aliphatic rings. The van der Waals surface area contributed by atoms with E-state index in [-0.39, 0.29) is 25.0 Å². The average molecular weight is 414 g/mol. The van der Waals surface area contributed by atoms with Crippen LogP contribution in [0.2, 0.25) is 0 Å². The zero-order valence-electron chi connectivity index (χ0n) is 16.7. The fourth-order valence-corrected chi connectivity index (χ4v) is 2.92. The van der Waals surface area contributed by atoms with Crippen molar-refractivity contribution in [2.24, 2.45) is 0 Å². The molecule has 160 valence electrons. The first-order valence-corrected chi connectivity index (χ1v) is 9.83. The van der Waals surface area contributed by atoms with Crippen molar-refractivity contribution in [2.75, 3.05) is 58.5 Å². The maximum absolute atomic E-state index is 12.2. The van der Waals surface area contributed by atoms with Crippen molar-refractivity contribution in [3.63, 3.8) is 0 Å². The van der Waals surface area contributed by atoms with Gasteiger partial charge in [-0.2, -0.15) is 0 Å². The van der Waals surface area contributed by atoms with E-state index >= 15 is 0 Å². The van der Waals surface area contributed by atoms with E-state index in [0.717, 1.165) is 5.75 Å². The summed E-state index contributed by atoms with van der Waals surface area (Å²) >= 11 is 0. The standard InChI is InChI=1S/C22H26N2O6/c23-17-5-7-18(8-6-17)30-16-15-29-14-13-28-12-11-27-10-9-24-21(25)19-3-1-2-4-20(19)22(24)26/h1-8H,9-16,23H2. The molecule has 1 heterocycles. The Morgan fingerprint density at radius 1 is 0.667 bits per heavy atom. The molecular weight excluding hydrogens is 388 g/mol. The highest BCUT2D eigenvalue weighted by atomic mass is 16.6. The van der Waals surface area contributed by atoms with E-state index < -0.39 is 0 Å². The fourth-order valence-electron chi connectivity index (χ4n) is 2.92. The molecule has 2 aromatic rings. The number of nitrogens with two attached hydrogens (primary N) is 1. The van der Waals surface area contributed by atoms with Gasteiger partial charge in [0.2, 0.25) is 0 Å². The van der Waals surface area contributed by atoms with E-state index in [1.54, 1.807) is 36.4 Å². The normalized spacial score (nSPS) is 13.0. The Morgan fingerprint density at radius 2 is 1.17 bits per heavy atom. The van der Waals surface area contributed by atoms with Gasteiger partial charge in [-0.15, -0.1) is 0 Å². The van der Waals surface area contributed by atoms with Gasteiger partial charge in [0, 0.05) is 5.69 Å². The number of rotatable bonds is 13. The Balaban J connectivity index is 1.15. The third kappa shape index (κ3) is 6.03. The Labute approximate surface area is 175 Å². The third-order valence-electron chi connectivity index (χ3n) is 4.46. The molecule has 3 rings (SSSR count). The average Bonchev–Trinajstić information content (AvgIpc) is 3.00. The molecule has 2 amide bonds. The molecule has 2 aromatic carbocycles. The van der Waals surface area contributed by atoms with E-state index in [2.05, 4.69) is 0 Å². The predicted octanol–water partition coefficient (Wildman–Crippen LogP) is 1.99. The molecule has 0 bridgehead atoms. The number of fused-ring (bicyclic) bond motifs is 1. The van der Waals surface area contributed by atoms with Gasteiger partial charge < -0.3 is 24.7 Å². The Kier molecular flexibility index (Phi) is 8.20. The van der Waals surface area contributed by atoms with Gasteiger partial charge in [0.1, 0.15) is 12.4 Å². The first-order chi connectivity index (χ1) is 14.7. The number of ether oxygens (including phenoxy) is 4. The van der Waals surface area contributed by atoms with Crippen LogP contribution in [0.5, 0.6) is 5.75 Å². The molecule has 0 unspecified atom stereocenters. The first-order valence-electron chi connectivity index (χ1n) is 9.83. The highest BCUT2D eigenvalue weighted by Gasteiger charge is 2.34. The Morgan fingerprint density at radius 3 is 1.73 bits per heavy atom. The van der Waals surface area contributed by atoms with E-state index in [0.29, 0.717) is 56.5 Å². The van der Waals surface area contributed by atoms with Crippen molar-refractivity contribution >= 4 is 17.5 Å². The number of nitrogens with zero attached hydrogens (tertiary/aromatic N) is 1. The second-order valence-corrected chi connectivity index (χ2v) is 6.56. The summed E-state index contributed by atoms with van der Waals surface area (Å²) in [7, 11) is 0. The van der Waals surface area contributed by atoms with Gasteiger partial charge >= 0.3 is 0 Å². The van der Waals surface area contributed by atoms with Crippen molar-refractivity contribution in [1.29, 1.82) is 0 Å². The summed E-state index contributed by atoms with van der Waals surface area (Å²) in [6, 6.07) is 14.0. The van der Waals surface area contributed by atoms with Crippen LogP contribution in [0.1, 0.15) is 20.7 Å². The number of carbonyl (C=O) groups is 2. The van der Waals surface area contributed by atoms with Crippen LogP contribution in [0, 0.1) is 0 Å². The minimum Gasteiger partial charge on any atom is -0.491 e. The van der Waals surface area contributed by atoms with Crippen LogP contribution >= 0.6 is 0 Å². The second-order valence-electron chi connectivity index (χ2n) is 6.56. The lowest BCUT2D eigenvalue weighted by atomic mass is 10.1. The van der Waals surface area contributed by atoms with Gasteiger partial charge in [-0.1, -0.05) is 12.1 Å². The molecule has 0 aromatic heterocycles. The summed E-state index contributed by atoms with van der Waals surface area (Å²) in [5.41, 5.74) is 7.21. The summed E-state index contributed by atoms with van der Waals surface area (Å²) in [6.45, 7) is 3.10. The first kappa shape index (κ1) is 21.8. The van der Waals surface area contributed by atoms with Crippen molar-refractivity contribution in [3.05, 3.63) is 59.7 Å². The fraction of sp³-hybridized carbons (Fsp3) is 0.364. The smallest absolute Gasteiger partial charge is 0.261 e. The second kappa shape index (κ2) is 11.3. The number of hydrogen-bond acceptors (Lipinski definition) is 7. The van der Waals surface area contributed by atoms with E-state index in [1.807, 2.05) is 12.1 Å². The van der Waals surface area contributed by atoms with Gasteiger partial charge in [-0.3, -0.25) is 14.5 Å². The molecule has 0 fully saturated rings. The summed E-state index contributed by atoms with van der Waals surface area (Å²) in [4.78, 5) is 25.6. The number of hydrogen-bond donors (Lipinski definition) is 1. The number of carbonyl (C=O) groups excluding carboxylic acids is 2. The lowest BCUT2D eigenvalue weighted by Gasteiger charge is -2.13. The minimum atomic E-state index is -0.270. The van der Waals surface area contributed by atoms with Crippen LogP contribution in [-0.2, 0) is 14.2 Å². The third-order valence-corrected chi connectivity index (χ3v) is 4.46. The van der Waals surface area contributed by atoms with E-state index in [4.69, 9.17) is 24.7 Å². The Bertz CT molecular complexity index is 805. The SMILES string of the molecule is Nc1ccc(OCCOCCOCCOCCN2C(=O)c3ccccc3C2=O)cc1. The van der Waals surface area contributed by atoms with Crippen LogP contribution in [-0.4, -0.2) is 69.5 Å². The number of amides is 2. The van der Waals surface area contributed by atoms with Gasteiger partial charge in [0.15, 0.2) is 0 Å². The molecule has 0 atom stereocenters. The van der Waals surface area contributed by atoms with Crippen LogP contribution in [0.25, 0.3) is 0 Å². The summed E-state index contributed by atoms with van der Waals surface area (Å²) in [5, 5.41) is 0. The maximum Gasteiger partial charge on any atom is 0.261 e. The lowest BCUT2D eigenvalue weighted by Crippen LogP contribution is -2.33. The molecule has 8 heteroatoms. The van der Waals surface area contributed by atoms with Crippen LogP contribution in [0.3, 0.4) is 0 Å². The predicted molar refractivity (Wildman–Crippen MR) is 111 cm³/mol. The van der Waals surface area contributed by atoms with Crippen LogP contribution < -0.4 is 10.5 Å². The molecule has 30 heavy (non-hydrogen) atoms. The van der Waals surface area contributed by atoms with Crippen molar-refractivity contribution < 1.29 is 28.5 Å². The van der Waals surface area contributed by atoms with Gasteiger partial charge in [0.25, 0.3) is 11.8 Å². The largest absolute Gasteiger partial charge is 0.491 e. The molecule has 0 spiro atoms. The van der Waals surface area contributed by atoms with E-state index in [1.165, 1.54) is 4.90 Å². The van der Waals surface area contributed by atoms with Gasteiger partial charge in [0.05, 0.1) is 57.3 Å². The quantitative estimate of drug-likeness (QED) is 0.304. The zero-order chi connectivity index (χ0) is 21.2. The molecule has 0 aliphatic carbocycles. The topological polar surface area (TPSA) is 100 Å². The summed E-state index contributed by atoms with van der Waals surface area (Å²) < 4.78 is 21.8. The highest BCUT2D eigenvalue weighted by Crippen LogP contribution is 2.21. The number of imide groups is 1. The maximum atomic E-state index is 12.2.